The van der Waals surface area contributed by atoms with Crippen molar-refractivity contribution in [1.82, 2.24) is 15.5 Å². The summed E-state index contributed by atoms with van der Waals surface area (Å²) in [6.45, 7) is 0.718. The number of carbonyl (C=O) groups excluding carboxylic acids is 3. The number of rotatable bonds is 4. The maximum atomic E-state index is 13.3. The number of hydrogen-bond donors (Lipinski definition) is 3. The number of fused-ring (bicyclic) bond motifs is 5. The third-order valence-corrected chi connectivity index (χ3v) is 7.75. The van der Waals surface area contributed by atoms with E-state index in [1.165, 1.54) is 0 Å². The Morgan fingerprint density at radius 1 is 0.912 bits per heavy atom. The number of piperazine rings is 1. The summed E-state index contributed by atoms with van der Waals surface area (Å²) in [6.07, 6.45) is 2.54. The first kappa shape index (κ1) is 21.3. The quantitative estimate of drug-likeness (QED) is 0.633. The maximum absolute atomic E-state index is 13.3. The molecule has 0 radical (unpaired) electrons. The van der Waals surface area contributed by atoms with Crippen molar-refractivity contribution < 1.29 is 19.5 Å². The average Bonchev–Trinajstić information content (AvgIpc) is 3.29. The Bertz CT molecular complexity index is 1150. The molecule has 6 rings (SSSR count). The fourth-order valence-electron chi connectivity index (χ4n) is 6.21. The minimum Gasteiger partial charge on any atom is -0.381 e. The largest absolute Gasteiger partial charge is 0.381 e. The predicted octanol–water partition coefficient (Wildman–Crippen LogP) is 1.03. The highest BCUT2D eigenvalue weighted by molar-refractivity contribution is 6.03. The number of carbonyl (C=O) groups is 3. The van der Waals surface area contributed by atoms with Crippen molar-refractivity contribution in [2.24, 2.45) is 0 Å². The molecule has 0 spiro atoms. The molecule has 3 amide bonds. The number of benzene rings is 2. The molecule has 3 N–H and O–H groups in total. The van der Waals surface area contributed by atoms with Crippen LogP contribution in [-0.2, 0) is 26.4 Å². The van der Waals surface area contributed by atoms with E-state index >= 15 is 0 Å². The van der Waals surface area contributed by atoms with E-state index in [-0.39, 0.29) is 30.2 Å². The Morgan fingerprint density at radius 2 is 1.62 bits per heavy atom. The molecule has 0 bridgehead atoms. The summed E-state index contributed by atoms with van der Waals surface area (Å²) in [6, 6.07) is 15.1. The molecule has 0 aromatic heterocycles. The lowest BCUT2D eigenvalue weighted by atomic mass is 9.84. The van der Waals surface area contributed by atoms with Crippen molar-refractivity contribution in [2.75, 3.05) is 11.4 Å². The lowest BCUT2D eigenvalue weighted by Gasteiger charge is -2.41. The van der Waals surface area contributed by atoms with Crippen LogP contribution < -0.4 is 15.5 Å². The second-order valence-electron chi connectivity index (χ2n) is 9.79. The molecule has 0 aliphatic carbocycles. The van der Waals surface area contributed by atoms with E-state index in [0.29, 0.717) is 17.7 Å². The third-order valence-electron chi connectivity index (χ3n) is 7.75. The van der Waals surface area contributed by atoms with E-state index in [4.69, 9.17) is 0 Å². The first-order chi connectivity index (χ1) is 16.5. The van der Waals surface area contributed by atoms with Crippen LogP contribution in [0.25, 0.3) is 0 Å². The Kier molecular flexibility index (Phi) is 4.97. The average molecular weight is 461 g/mol. The summed E-state index contributed by atoms with van der Waals surface area (Å²) >= 11 is 0. The van der Waals surface area contributed by atoms with Gasteiger partial charge >= 0.3 is 0 Å². The molecule has 4 aliphatic heterocycles. The Labute approximate surface area is 197 Å². The van der Waals surface area contributed by atoms with Gasteiger partial charge in [-0.3, -0.25) is 24.2 Å². The number of para-hydroxylation sites is 1. The number of amides is 3. The zero-order chi connectivity index (χ0) is 23.4. The topological polar surface area (TPSA) is 102 Å². The summed E-state index contributed by atoms with van der Waals surface area (Å²) in [7, 11) is 0. The molecule has 0 saturated carbocycles. The number of aliphatic hydroxyl groups is 1. The van der Waals surface area contributed by atoms with E-state index in [9.17, 15) is 19.5 Å². The van der Waals surface area contributed by atoms with Gasteiger partial charge in [0, 0.05) is 24.9 Å². The molecule has 0 unspecified atom stereocenters. The van der Waals surface area contributed by atoms with Crippen LogP contribution in [0.2, 0.25) is 0 Å². The minimum atomic E-state index is -1.47. The molecule has 34 heavy (non-hydrogen) atoms. The van der Waals surface area contributed by atoms with Crippen molar-refractivity contribution >= 4 is 23.4 Å². The van der Waals surface area contributed by atoms with Crippen LogP contribution in [-0.4, -0.2) is 58.6 Å². The van der Waals surface area contributed by atoms with Gasteiger partial charge in [0.2, 0.25) is 17.7 Å². The van der Waals surface area contributed by atoms with Gasteiger partial charge < -0.3 is 15.7 Å². The van der Waals surface area contributed by atoms with E-state index in [0.717, 1.165) is 31.4 Å². The summed E-state index contributed by atoms with van der Waals surface area (Å²) in [5.74, 6) is -0.573. The zero-order valence-electron chi connectivity index (χ0n) is 18.8. The predicted molar refractivity (Wildman–Crippen MR) is 125 cm³/mol. The SMILES string of the molecule is O=C1N[C@@H](C[C@@]2(O)c3ccccc3N3C(=O)[C@@H]4CCCCN4[C@@H]32)C(=O)N[C@H]1Cc1ccccc1. The molecule has 3 saturated heterocycles. The van der Waals surface area contributed by atoms with Crippen molar-refractivity contribution in [3.05, 3.63) is 65.7 Å². The number of anilines is 1. The normalized spacial score (nSPS) is 32.6. The highest BCUT2D eigenvalue weighted by Crippen LogP contribution is 2.52. The third kappa shape index (κ3) is 3.16. The maximum Gasteiger partial charge on any atom is 0.245 e. The summed E-state index contributed by atoms with van der Waals surface area (Å²) in [5.41, 5.74) is 0.811. The second kappa shape index (κ2) is 7.92. The van der Waals surface area contributed by atoms with Crippen molar-refractivity contribution in [3.8, 4) is 0 Å². The minimum absolute atomic E-state index is 0.00267. The van der Waals surface area contributed by atoms with Crippen molar-refractivity contribution in [2.45, 2.75) is 62.0 Å². The molecule has 176 valence electrons. The van der Waals surface area contributed by atoms with Crippen LogP contribution in [0, 0.1) is 0 Å². The molecule has 3 fully saturated rings. The highest BCUT2D eigenvalue weighted by Gasteiger charge is 2.62. The van der Waals surface area contributed by atoms with Gasteiger partial charge in [-0.25, -0.2) is 0 Å². The van der Waals surface area contributed by atoms with E-state index < -0.39 is 23.9 Å². The molecular formula is C26H28N4O4. The highest BCUT2D eigenvalue weighted by atomic mass is 16.3. The second-order valence-corrected chi connectivity index (χ2v) is 9.79. The summed E-state index contributed by atoms with van der Waals surface area (Å²) in [4.78, 5) is 43.1. The number of hydrogen-bond acceptors (Lipinski definition) is 5. The van der Waals surface area contributed by atoms with Crippen molar-refractivity contribution in [1.29, 1.82) is 0 Å². The fourth-order valence-corrected chi connectivity index (χ4v) is 6.21. The van der Waals surface area contributed by atoms with Crippen LogP contribution in [0.1, 0.15) is 36.8 Å². The summed E-state index contributed by atoms with van der Waals surface area (Å²) in [5, 5.41) is 17.9. The Morgan fingerprint density at radius 3 is 2.44 bits per heavy atom. The molecule has 4 heterocycles. The van der Waals surface area contributed by atoms with Gasteiger partial charge in [0.1, 0.15) is 23.9 Å². The van der Waals surface area contributed by atoms with E-state index in [2.05, 4.69) is 15.5 Å². The number of nitrogens with one attached hydrogen (secondary N) is 2. The van der Waals surface area contributed by atoms with Crippen LogP contribution in [0.3, 0.4) is 0 Å². The lowest BCUT2D eigenvalue weighted by molar-refractivity contribution is -0.139. The summed E-state index contributed by atoms with van der Waals surface area (Å²) < 4.78 is 0. The van der Waals surface area contributed by atoms with Gasteiger partial charge in [0.05, 0.1) is 11.7 Å². The number of piperidine rings is 1. The van der Waals surface area contributed by atoms with E-state index in [1.54, 1.807) is 4.90 Å². The van der Waals surface area contributed by atoms with Gasteiger partial charge in [-0.1, -0.05) is 55.0 Å². The lowest BCUT2D eigenvalue weighted by Crippen LogP contribution is -2.64. The molecule has 5 atom stereocenters. The molecule has 8 heteroatoms. The molecule has 2 aromatic rings. The van der Waals surface area contributed by atoms with Crippen LogP contribution in [0.15, 0.2) is 54.6 Å². The molecular weight excluding hydrogens is 432 g/mol. The van der Waals surface area contributed by atoms with Gasteiger partial charge in [-0.2, -0.15) is 0 Å². The monoisotopic (exact) mass is 460 g/mol. The smallest absolute Gasteiger partial charge is 0.245 e. The van der Waals surface area contributed by atoms with Crippen LogP contribution in [0.4, 0.5) is 5.69 Å². The van der Waals surface area contributed by atoms with Gasteiger partial charge in [0.15, 0.2) is 0 Å². The number of nitrogens with zero attached hydrogens (tertiary/aromatic N) is 2. The molecule has 2 aromatic carbocycles. The Balaban J connectivity index is 1.28. The fraction of sp³-hybridized carbons (Fsp3) is 0.423. The standard InChI is InChI=1S/C26H28N4O4/c31-22-18(14-16-8-2-1-3-9-16)27-23(32)19(28-22)15-26(34)17-10-4-5-11-20(17)30-24(33)21-12-6-7-13-29(21)25(26)30/h1-5,8-11,18-19,21,25,34H,6-7,12-15H2,(H,27,32)(H,28,31)/t18-,19-,21-,25-,26+/m0/s1. The van der Waals surface area contributed by atoms with Crippen LogP contribution in [0.5, 0.6) is 0 Å². The van der Waals surface area contributed by atoms with Crippen LogP contribution >= 0.6 is 0 Å². The Hall–Kier alpha value is -3.23. The molecule has 4 aliphatic rings. The van der Waals surface area contributed by atoms with Gasteiger partial charge in [-0.15, -0.1) is 0 Å². The van der Waals surface area contributed by atoms with Gasteiger partial charge in [-0.05, 0) is 24.5 Å². The van der Waals surface area contributed by atoms with Crippen molar-refractivity contribution in [3.63, 3.8) is 0 Å². The van der Waals surface area contributed by atoms with E-state index in [1.807, 2.05) is 54.6 Å². The molecule has 8 nitrogen and oxygen atoms in total. The first-order valence-corrected chi connectivity index (χ1v) is 12.0. The zero-order valence-corrected chi connectivity index (χ0v) is 18.8. The first-order valence-electron chi connectivity index (χ1n) is 12.0. The van der Waals surface area contributed by atoms with Gasteiger partial charge in [0.25, 0.3) is 0 Å².